The Bertz CT molecular complexity index is 714. The van der Waals surface area contributed by atoms with Crippen LogP contribution in [0.5, 0.6) is 0 Å². The van der Waals surface area contributed by atoms with Crippen molar-refractivity contribution >= 4 is 6.29 Å². The normalized spacial score (nSPS) is 79.2. The van der Waals surface area contributed by atoms with Crippen LogP contribution in [-0.2, 0) is 9.53 Å². The molecule has 3 heteroatoms. The summed E-state index contributed by atoms with van der Waals surface area (Å²) in [6, 6.07) is 0. The topological polar surface area (TPSA) is 26.3 Å². The van der Waals surface area contributed by atoms with Crippen LogP contribution < -0.4 is 0 Å². The molecule has 0 aromatic carbocycles. The van der Waals surface area contributed by atoms with Gasteiger partial charge in [0, 0.05) is 11.8 Å². The molecule has 9 rings (SSSR count). The minimum absolute atomic E-state index is 0.188. The fourth-order valence-electron chi connectivity index (χ4n) is 10.8. The van der Waals surface area contributed by atoms with Gasteiger partial charge in [-0.15, -0.1) is 0 Å². The molecule has 9 aliphatic rings. The van der Waals surface area contributed by atoms with Crippen molar-refractivity contribution in [3.05, 3.63) is 12.2 Å². The molecule has 0 unspecified atom stereocenters. The van der Waals surface area contributed by atoms with Crippen molar-refractivity contribution in [2.24, 2.45) is 64.6 Å². The van der Waals surface area contributed by atoms with Crippen LogP contribution >= 0.6 is 0 Å². The van der Waals surface area contributed by atoms with E-state index in [1.165, 1.54) is 12.7 Å². The number of allylic oxidation sites excluding steroid dienone is 2. The van der Waals surface area contributed by atoms with Gasteiger partial charge in [0.1, 0.15) is 18.1 Å². The summed E-state index contributed by atoms with van der Waals surface area (Å²) in [6.07, 6.45) is 9.03. The molecule has 1 aliphatic heterocycles. The number of hydrogen-bond donors (Lipinski definition) is 0. The Kier molecular flexibility index (Phi) is 1.53. The number of halogens is 1. The lowest BCUT2D eigenvalue weighted by Crippen LogP contribution is -2.67. The molecule has 14 atom stereocenters. The fourth-order valence-corrected chi connectivity index (χ4v) is 10.8. The van der Waals surface area contributed by atoms with E-state index in [1.54, 1.807) is 0 Å². The molecule has 0 amide bonds. The summed E-state index contributed by atoms with van der Waals surface area (Å²) in [5.74, 6) is 4.21. The maximum atomic E-state index is 16.8. The van der Waals surface area contributed by atoms with Gasteiger partial charge in [-0.2, -0.15) is 0 Å². The lowest BCUT2D eigenvalue weighted by molar-refractivity contribution is -0.251. The zero-order chi connectivity index (χ0) is 14.9. The van der Waals surface area contributed by atoms with Gasteiger partial charge >= 0.3 is 0 Å². The number of rotatable bonds is 1. The number of carbonyl (C=O) groups is 1. The number of carbonyl (C=O) groups excluding carboxylic acids is 1. The van der Waals surface area contributed by atoms with Crippen LogP contribution in [0.15, 0.2) is 12.2 Å². The van der Waals surface area contributed by atoms with E-state index in [1.807, 2.05) is 0 Å². The van der Waals surface area contributed by atoms with Crippen LogP contribution in [0.3, 0.4) is 0 Å². The van der Waals surface area contributed by atoms with Crippen LogP contribution in [0.4, 0.5) is 4.39 Å². The molecule has 8 aliphatic carbocycles. The summed E-state index contributed by atoms with van der Waals surface area (Å²) in [4.78, 5) is 12.6. The van der Waals surface area contributed by atoms with Crippen molar-refractivity contribution in [1.82, 2.24) is 0 Å². The van der Waals surface area contributed by atoms with Crippen LogP contribution in [0.2, 0.25) is 0 Å². The van der Waals surface area contributed by atoms with E-state index in [9.17, 15) is 4.79 Å². The molecular weight excluding hydrogens is 291 g/mol. The first kappa shape index (κ1) is 11.8. The highest BCUT2D eigenvalue weighted by molar-refractivity contribution is 5.69. The molecule has 9 bridgehead atoms. The van der Waals surface area contributed by atoms with Crippen LogP contribution in [-0.4, -0.2) is 24.2 Å². The Morgan fingerprint density at radius 2 is 1.91 bits per heavy atom. The first-order chi connectivity index (χ1) is 11.2. The molecule has 0 radical (unpaired) electrons. The molecule has 0 N–H and O–H groups in total. The van der Waals surface area contributed by atoms with Crippen molar-refractivity contribution in [2.45, 2.75) is 37.1 Å². The number of aldehydes is 1. The lowest BCUT2D eigenvalue weighted by atomic mass is 9.54. The van der Waals surface area contributed by atoms with Crippen molar-refractivity contribution in [3.63, 3.8) is 0 Å². The first-order valence-corrected chi connectivity index (χ1v) is 9.72. The Morgan fingerprint density at radius 3 is 2.78 bits per heavy atom. The number of fused-ring (bicyclic) bond motifs is 1. The van der Waals surface area contributed by atoms with Gasteiger partial charge in [0.2, 0.25) is 0 Å². The zero-order valence-electron chi connectivity index (χ0n) is 13.0. The van der Waals surface area contributed by atoms with E-state index in [0.29, 0.717) is 47.3 Å². The van der Waals surface area contributed by atoms with Crippen molar-refractivity contribution in [3.8, 4) is 0 Å². The SMILES string of the molecule is O=C[C@@]12[C@@H]3[C@@H]4CC[C@@H]5O[C@H]1[C@]1(F)[C@H]([C@@H]45)[C@@H]3[C@@H]3[C@@H]1[C@H]1CC=C[C@H]1[C@@H]32. The Labute approximate surface area is 134 Å². The third-order valence-corrected chi connectivity index (χ3v) is 10.4. The summed E-state index contributed by atoms with van der Waals surface area (Å²) in [5, 5.41) is 0. The molecule has 23 heavy (non-hydrogen) atoms. The van der Waals surface area contributed by atoms with E-state index in [2.05, 4.69) is 12.2 Å². The molecule has 0 aromatic heterocycles. The molecule has 1 heterocycles. The van der Waals surface area contributed by atoms with E-state index in [-0.39, 0.29) is 17.9 Å². The van der Waals surface area contributed by atoms with E-state index in [0.717, 1.165) is 12.8 Å². The molecule has 0 aromatic rings. The number of ether oxygens (including phenoxy) is 1. The van der Waals surface area contributed by atoms with E-state index < -0.39 is 17.2 Å². The van der Waals surface area contributed by atoms with Gasteiger partial charge in [-0.05, 0) is 66.6 Å². The summed E-state index contributed by atoms with van der Waals surface area (Å²) in [7, 11) is 0. The molecule has 0 spiro atoms. The quantitative estimate of drug-likeness (QED) is 0.549. The van der Waals surface area contributed by atoms with E-state index in [4.69, 9.17) is 4.74 Å². The smallest absolute Gasteiger partial charge is 0.144 e. The minimum Gasteiger partial charge on any atom is -0.370 e. The van der Waals surface area contributed by atoms with Crippen molar-refractivity contribution < 1.29 is 13.9 Å². The van der Waals surface area contributed by atoms with Gasteiger partial charge in [-0.3, -0.25) is 0 Å². The highest BCUT2D eigenvalue weighted by atomic mass is 19.1. The molecule has 1 saturated heterocycles. The Hall–Kier alpha value is -0.700. The standard InChI is InChI=1S/C20H21FO2/c21-20-16-8-3-1-2-7(8)14-12(16)13-15-9-4-5-10(11(9)17(13)20)23-18(20)19(14,15)6-22/h1-2,6-18H,3-5H2/t7-,8+,9-,10+,11+,12+,13-,14+,15-,16+,17-,18-,19-,20-/m1/s1. The second-order valence-electron chi connectivity index (χ2n) is 9.98. The van der Waals surface area contributed by atoms with Crippen LogP contribution in [0.25, 0.3) is 0 Å². The van der Waals surface area contributed by atoms with Crippen molar-refractivity contribution in [2.75, 3.05) is 0 Å². The maximum absolute atomic E-state index is 16.8. The first-order valence-electron chi connectivity index (χ1n) is 9.72. The van der Waals surface area contributed by atoms with Crippen LogP contribution in [0.1, 0.15) is 19.3 Å². The zero-order valence-corrected chi connectivity index (χ0v) is 13.0. The largest absolute Gasteiger partial charge is 0.370 e. The summed E-state index contributed by atoms with van der Waals surface area (Å²) < 4.78 is 23.3. The molecule has 2 nitrogen and oxygen atoms in total. The number of hydrogen-bond acceptors (Lipinski definition) is 2. The van der Waals surface area contributed by atoms with Gasteiger partial charge < -0.3 is 9.53 Å². The van der Waals surface area contributed by atoms with E-state index >= 15 is 4.39 Å². The van der Waals surface area contributed by atoms with Crippen molar-refractivity contribution in [1.29, 1.82) is 0 Å². The summed E-state index contributed by atoms with van der Waals surface area (Å²) in [6.45, 7) is 0. The van der Waals surface area contributed by atoms with Gasteiger partial charge in [-0.25, -0.2) is 4.39 Å². The Morgan fingerprint density at radius 1 is 1.04 bits per heavy atom. The second kappa shape index (κ2) is 2.98. The summed E-state index contributed by atoms with van der Waals surface area (Å²) in [5.41, 5.74) is -1.67. The third-order valence-electron chi connectivity index (χ3n) is 10.4. The average Bonchev–Trinajstić information content (AvgIpc) is 3.25. The Balaban J connectivity index is 1.51. The van der Waals surface area contributed by atoms with Gasteiger partial charge in [-0.1, -0.05) is 12.2 Å². The molecule has 120 valence electrons. The summed E-state index contributed by atoms with van der Waals surface area (Å²) >= 11 is 0. The molecule has 8 fully saturated rings. The highest BCUT2D eigenvalue weighted by Gasteiger charge is 2.94. The monoisotopic (exact) mass is 312 g/mol. The molecule has 7 saturated carbocycles. The fraction of sp³-hybridized carbons (Fsp3) is 0.850. The van der Waals surface area contributed by atoms with Gasteiger partial charge in [0.25, 0.3) is 0 Å². The van der Waals surface area contributed by atoms with Gasteiger partial charge in [0.05, 0.1) is 11.5 Å². The molecular formula is C20H21FO2. The predicted molar refractivity (Wildman–Crippen MR) is 78.9 cm³/mol. The van der Waals surface area contributed by atoms with Gasteiger partial charge in [0.15, 0.2) is 0 Å². The maximum Gasteiger partial charge on any atom is 0.144 e. The lowest BCUT2D eigenvalue weighted by Gasteiger charge is -2.57. The second-order valence-corrected chi connectivity index (χ2v) is 9.98. The average molecular weight is 312 g/mol. The number of alkyl halides is 1. The predicted octanol–water partition coefficient (Wildman–Crippen LogP) is 2.63. The van der Waals surface area contributed by atoms with Crippen LogP contribution in [0, 0.1) is 64.6 Å². The third kappa shape index (κ3) is 0.773. The minimum atomic E-state index is -1.19. The highest BCUT2D eigenvalue weighted by Crippen LogP contribution is 2.90.